The molecule has 1 N–H and O–H groups in total. The van der Waals surface area contributed by atoms with Gasteiger partial charge < -0.3 is 19.5 Å². The lowest BCUT2D eigenvalue weighted by molar-refractivity contribution is 0.0728. The molecule has 6 heteroatoms. The number of nitrogens with zero attached hydrogens (tertiary/aromatic N) is 2. The van der Waals surface area contributed by atoms with Crippen molar-refractivity contribution in [1.29, 1.82) is 0 Å². The number of ether oxygens (including phenoxy) is 2. The number of aliphatic hydroxyl groups excluding tert-OH is 1. The van der Waals surface area contributed by atoms with E-state index >= 15 is 0 Å². The monoisotopic (exact) mass is 412 g/mol. The predicted molar refractivity (Wildman–Crippen MR) is 117 cm³/mol. The van der Waals surface area contributed by atoms with Crippen molar-refractivity contribution in [2.75, 3.05) is 39.5 Å². The molecule has 29 heavy (non-hydrogen) atoms. The SMILES string of the molecule is OCCOCCN(CCc1ccc(Oc2nc3ccccc3s2)cc1)CC1CC1. The van der Waals surface area contributed by atoms with Gasteiger partial charge in [0.05, 0.1) is 30.0 Å². The number of benzene rings is 2. The third-order valence-electron chi connectivity index (χ3n) is 5.12. The topological polar surface area (TPSA) is 54.8 Å². The Hall–Kier alpha value is -1.99. The van der Waals surface area contributed by atoms with Crippen LogP contribution in [-0.2, 0) is 11.2 Å². The Morgan fingerprint density at radius 3 is 2.62 bits per heavy atom. The summed E-state index contributed by atoms with van der Waals surface area (Å²) in [5.74, 6) is 1.68. The van der Waals surface area contributed by atoms with Gasteiger partial charge in [0.25, 0.3) is 5.19 Å². The second-order valence-corrected chi connectivity index (χ2v) is 8.52. The van der Waals surface area contributed by atoms with E-state index in [1.165, 1.54) is 18.4 Å². The molecule has 0 radical (unpaired) electrons. The van der Waals surface area contributed by atoms with Crippen molar-refractivity contribution in [1.82, 2.24) is 9.88 Å². The van der Waals surface area contributed by atoms with Crippen LogP contribution in [0.5, 0.6) is 10.9 Å². The minimum atomic E-state index is 0.0913. The standard InChI is InChI=1S/C23H28N2O3S/c26-14-16-27-15-13-25(17-19-5-6-19)12-11-18-7-9-20(10-8-18)28-23-24-21-3-1-2-4-22(21)29-23/h1-4,7-10,19,26H,5-6,11-17H2. The molecule has 0 unspecified atom stereocenters. The average Bonchev–Trinajstić information content (AvgIpc) is 3.46. The Kier molecular flexibility index (Phi) is 7.11. The van der Waals surface area contributed by atoms with Crippen molar-refractivity contribution in [3.8, 4) is 10.9 Å². The van der Waals surface area contributed by atoms with Gasteiger partial charge in [-0.3, -0.25) is 0 Å². The highest BCUT2D eigenvalue weighted by atomic mass is 32.1. The van der Waals surface area contributed by atoms with Crippen LogP contribution < -0.4 is 4.74 Å². The van der Waals surface area contributed by atoms with E-state index in [-0.39, 0.29) is 6.61 Å². The third kappa shape index (κ3) is 6.24. The summed E-state index contributed by atoms with van der Waals surface area (Å²) in [6.45, 7) is 4.30. The summed E-state index contributed by atoms with van der Waals surface area (Å²) in [5.41, 5.74) is 2.28. The molecule has 0 bridgehead atoms. The highest BCUT2D eigenvalue weighted by molar-refractivity contribution is 7.20. The summed E-state index contributed by atoms with van der Waals surface area (Å²) in [4.78, 5) is 7.01. The Morgan fingerprint density at radius 1 is 1.03 bits per heavy atom. The molecule has 0 aliphatic heterocycles. The van der Waals surface area contributed by atoms with Gasteiger partial charge in [0.2, 0.25) is 0 Å². The Bertz CT molecular complexity index is 860. The molecule has 1 aliphatic rings. The van der Waals surface area contributed by atoms with Crippen molar-refractivity contribution >= 4 is 21.6 Å². The second-order valence-electron chi connectivity index (χ2n) is 7.52. The molecule has 1 aromatic heterocycles. The number of aromatic nitrogens is 1. The summed E-state index contributed by atoms with van der Waals surface area (Å²) in [6, 6.07) is 16.4. The van der Waals surface area contributed by atoms with Gasteiger partial charge >= 0.3 is 0 Å². The fraction of sp³-hybridized carbons (Fsp3) is 0.435. The number of hydrogen-bond acceptors (Lipinski definition) is 6. The maximum Gasteiger partial charge on any atom is 0.279 e. The van der Waals surface area contributed by atoms with Crippen molar-refractivity contribution in [3.63, 3.8) is 0 Å². The molecule has 0 amide bonds. The molecule has 154 valence electrons. The van der Waals surface area contributed by atoms with E-state index < -0.39 is 0 Å². The first kappa shape index (κ1) is 20.3. The number of hydrogen-bond donors (Lipinski definition) is 1. The van der Waals surface area contributed by atoms with Gasteiger partial charge in [-0.25, -0.2) is 4.98 Å². The normalized spacial score (nSPS) is 14.0. The zero-order chi connectivity index (χ0) is 19.9. The molecule has 3 aromatic rings. The number of para-hydroxylation sites is 1. The maximum absolute atomic E-state index is 8.84. The van der Waals surface area contributed by atoms with Gasteiger partial charge in [-0.15, -0.1) is 0 Å². The van der Waals surface area contributed by atoms with Crippen molar-refractivity contribution in [2.45, 2.75) is 19.3 Å². The van der Waals surface area contributed by atoms with Crippen LogP contribution in [0.15, 0.2) is 48.5 Å². The summed E-state index contributed by atoms with van der Waals surface area (Å²) < 4.78 is 12.5. The molecule has 1 fully saturated rings. The molecule has 2 aromatic carbocycles. The lowest BCUT2D eigenvalue weighted by Crippen LogP contribution is -2.32. The Morgan fingerprint density at radius 2 is 1.86 bits per heavy atom. The highest BCUT2D eigenvalue weighted by Gasteiger charge is 2.24. The first-order valence-corrected chi connectivity index (χ1v) is 11.1. The number of aliphatic hydroxyl groups is 1. The molecule has 5 nitrogen and oxygen atoms in total. The van der Waals surface area contributed by atoms with Crippen LogP contribution in [-0.4, -0.2) is 54.4 Å². The van der Waals surface area contributed by atoms with Crippen molar-refractivity contribution in [2.24, 2.45) is 5.92 Å². The Balaban J connectivity index is 1.28. The summed E-state index contributed by atoms with van der Waals surface area (Å²) in [5, 5.41) is 9.52. The molecular weight excluding hydrogens is 384 g/mol. The van der Waals surface area contributed by atoms with E-state index in [0.717, 1.165) is 47.9 Å². The van der Waals surface area contributed by atoms with Gasteiger partial charge in [0.15, 0.2) is 0 Å². The second kappa shape index (κ2) is 10.2. The molecule has 0 saturated heterocycles. The molecule has 0 atom stereocenters. The zero-order valence-corrected chi connectivity index (χ0v) is 17.4. The van der Waals surface area contributed by atoms with E-state index in [9.17, 15) is 0 Å². The lowest BCUT2D eigenvalue weighted by atomic mass is 10.1. The first-order valence-electron chi connectivity index (χ1n) is 10.3. The van der Waals surface area contributed by atoms with E-state index in [2.05, 4.69) is 28.1 Å². The van der Waals surface area contributed by atoms with E-state index in [0.29, 0.717) is 18.4 Å². The average molecular weight is 413 g/mol. The van der Waals surface area contributed by atoms with Crippen LogP contribution in [0.1, 0.15) is 18.4 Å². The van der Waals surface area contributed by atoms with Crippen LogP contribution in [0.4, 0.5) is 0 Å². The zero-order valence-electron chi connectivity index (χ0n) is 16.6. The molecule has 4 rings (SSSR count). The largest absolute Gasteiger partial charge is 0.431 e. The van der Waals surface area contributed by atoms with Gasteiger partial charge in [-0.05, 0) is 55.0 Å². The van der Waals surface area contributed by atoms with Crippen LogP contribution in [0.2, 0.25) is 0 Å². The summed E-state index contributed by atoms with van der Waals surface area (Å²) in [7, 11) is 0. The molecule has 1 aliphatic carbocycles. The number of fused-ring (bicyclic) bond motifs is 1. The third-order valence-corrected chi connectivity index (χ3v) is 6.03. The number of thiazole rings is 1. The molecule has 1 heterocycles. The highest BCUT2D eigenvalue weighted by Crippen LogP contribution is 2.31. The Labute approximate surface area is 175 Å². The molecule has 0 spiro atoms. The minimum Gasteiger partial charge on any atom is -0.431 e. The van der Waals surface area contributed by atoms with E-state index in [1.54, 1.807) is 11.3 Å². The quantitative estimate of drug-likeness (QED) is 0.448. The van der Waals surface area contributed by atoms with Crippen LogP contribution in [0, 0.1) is 5.92 Å². The molecular formula is C23H28N2O3S. The first-order chi connectivity index (χ1) is 14.3. The lowest BCUT2D eigenvalue weighted by Gasteiger charge is -2.22. The molecule has 1 saturated carbocycles. The predicted octanol–water partition coefficient (Wildman–Crippen LogP) is 4.35. The summed E-state index contributed by atoms with van der Waals surface area (Å²) in [6.07, 6.45) is 3.71. The van der Waals surface area contributed by atoms with Crippen LogP contribution >= 0.6 is 11.3 Å². The van der Waals surface area contributed by atoms with Gasteiger partial charge in [-0.2, -0.15) is 0 Å². The number of rotatable bonds is 12. The van der Waals surface area contributed by atoms with Crippen molar-refractivity contribution < 1.29 is 14.6 Å². The van der Waals surface area contributed by atoms with E-state index in [1.807, 2.05) is 30.3 Å². The summed E-state index contributed by atoms with van der Waals surface area (Å²) >= 11 is 1.57. The van der Waals surface area contributed by atoms with Gasteiger partial charge in [0, 0.05) is 19.6 Å². The van der Waals surface area contributed by atoms with Crippen LogP contribution in [0.25, 0.3) is 10.2 Å². The van der Waals surface area contributed by atoms with E-state index in [4.69, 9.17) is 14.6 Å². The van der Waals surface area contributed by atoms with Crippen molar-refractivity contribution in [3.05, 3.63) is 54.1 Å². The van der Waals surface area contributed by atoms with Gasteiger partial charge in [-0.1, -0.05) is 35.6 Å². The van der Waals surface area contributed by atoms with Gasteiger partial charge in [0.1, 0.15) is 5.75 Å². The fourth-order valence-corrected chi connectivity index (χ4v) is 4.16. The maximum atomic E-state index is 8.84. The fourth-order valence-electron chi connectivity index (χ4n) is 3.33. The van der Waals surface area contributed by atoms with Crippen LogP contribution in [0.3, 0.4) is 0 Å². The minimum absolute atomic E-state index is 0.0913. The smallest absolute Gasteiger partial charge is 0.279 e.